The first-order valence-corrected chi connectivity index (χ1v) is 6.45. The van der Waals surface area contributed by atoms with E-state index in [-0.39, 0.29) is 0 Å². The summed E-state index contributed by atoms with van der Waals surface area (Å²) in [5.74, 6) is 2.06. The van der Waals surface area contributed by atoms with Crippen molar-refractivity contribution in [1.29, 1.82) is 0 Å². The minimum atomic E-state index is -0.594. The molecule has 0 aliphatic rings. The first-order valence-electron chi connectivity index (χ1n) is 4.92. The van der Waals surface area contributed by atoms with Crippen molar-refractivity contribution in [3.8, 4) is 0 Å². The van der Waals surface area contributed by atoms with Crippen molar-refractivity contribution in [2.24, 2.45) is 0 Å². The number of unbranched alkanes of at least 4 members (excludes halogenated alkanes) is 1. The molecule has 0 atom stereocenters. The van der Waals surface area contributed by atoms with Crippen LogP contribution in [0.25, 0.3) is 0 Å². The molecule has 0 nitrogen and oxygen atoms in total. The molecular formula is C12H14ClFS. The van der Waals surface area contributed by atoms with E-state index >= 15 is 0 Å². The first-order chi connectivity index (χ1) is 7.29. The van der Waals surface area contributed by atoms with Gasteiger partial charge < -0.3 is 0 Å². The second kappa shape index (κ2) is 7.77. The molecule has 1 aromatic rings. The first kappa shape index (κ1) is 12.6. The molecule has 1 aromatic carbocycles. The van der Waals surface area contributed by atoms with Gasteiger partial charge in [-0.15, -0.1) is 0 Å². The van der Waals surface area contributed by atoms with E-state index in [1.807, 2.05) is 30.0 Å². The van der Waals surface area contributed by atoms with E-state index in [4.69, 9.17) is 11.6 Å². The van der Waals surface area contributed by atoms with Gasteiger partial charge in [0.25, 0.3) is 0 Å². The Kier molecular flexibility index (Phi) is 6.53. The van der Waals surface area contributed by atoms with Gasteiger partial charge in [-0.2, -0.15) is 16.2 Å². The Morgan fingerprint density at radius 1 is 1.33 bits per heavy atom. The summed E-state index contributed by atoms with van der Waals surface area (Å²) in [6.45, 7) is 0. The molecule has 0 fully saturated rings. The maximum Gasteiger partial charge on any atom is 0.185 e. The standard InChI is InChI=1S/C12H14ClFS/c13-12(14)8-4-5-9-15-10-11-6-2-1-3-7-11/h1-3,6-8H,4-5,9-10H2/b12-8-. The summed E-state index contributed by atoms with van der Waals surface area (Å²) in [4.78, 5) is 0. The highest BCUT2D eigenvalue weighted by molar-refractivity contribution is 7.98. The number of hydrogen-bond acceptors (Lipinski definition) is 1. The van der Waals surface area contributed by atoms with Crippen molar-refractivity contribution in [2.45, 2.75) is 18.6 Å². The lowest BCUT2D eigenvalue weighted by Crippen LogP contribution is -1.82. The molecule has 0 saturated carbocycles. The summed E-state index contributed by atoms with van der Waals surface area (Å²) in [5, 5.41) is -0.594. The fraction of sp³-hybridized carbons (Fsp3) is 0.333. The van der Waals surface area contributed by atoms with Gasteiger partial charge in [-0.1, -0.05) is 41.9 Å². The zero-order valence-corrected chi connectivity index (χ0v) is 10.0. The number of benzene rings is 1. The van der Waals surface area contributed by atoms with Crippen LogP contribution in [-0.2, 0) is 5.75 Å². The van der Waals surface area contributed by atoms with Gasteiger partial charge in [0.05, 0.1) is 0 Å². The lowest BCUT2D eigenvalue weighted by molar-refractivity contribution is 0.686. The van der Waals surface area contributed by atoms with E-state index in [0.29, 0.717) is 0 Å². The molecule has 0 heterocycles. The Morgan fingerprint density at radius 3 is 2.73 bits per heavy atom. The van der Waals surface area contributed by atoms with Crippen molar-refractivity contribution in [1.82, 2.24) is 0 Å². The maximum absolute atomic E-state index is 12.1. The van der Waals surface area contributed by atoms with Gasteiger partial charge in [-0.25, -0.2) is 0 Å². The van der Waals surface area contributed by atoms with Crippen LogP contribution in [0, 0.1) is 0 Å². The molecule has 0 spiro atoms. The molecule has 15 heavy (non-hydrogen) atoms. The highest BCUT2D eigenvalue weighted by Crippen LogP contribution is 2.14. The monoisotopic (exact) mass is 244 g/mol. The quantitative estimate of drug-likeness (QED) is 0.651. The minimum absolute atomic E-state index is 0.594. The number of thioether (sulfide) groups is 1. The second-order valence-electron chi connectivity index (χ2n) is 3.17. The van der Waals surface area contributed by atoms with Crippen molar-refractivity contribution in [3.05, 3.63) is 47.3 Å². The Balaban J connectivity index is 2.05. The number of rotatable bonds is 6. The molecule has 0 aliphatic carbocycles. The molecule has 0 N–H and O–H groups in total. The highest BCUT2D eigenvalue weighted by Gasteiger charge is 1.92. The van der Waals surface area contributed by atoms with Crippen LogP contribution in [0.1, 0.15) is 18.4 Å². The van der Waals surface area contributed by atoms with Crippen LogP contribution in [0.4, 0.5) is 4.39 Å². The largest absolute Gasteiger partial charge is 0.194 e. The molecule has 0 radical (unpaired) electrons. The van der Waals surface area contributed by atoms with Gasteiger partial charge in [0.2, 0.25) is 0 Å². The summed E-state index contributed by atoms with van der Waals surface area (Å²) in [5.41, 5.74) is 1.33. The number of halogens is 2. The summed E-state index contributed by atoms with van der Waals surface area (Å²) in [6, 6.07) is 10.3. The lowest BCUT2D eigenvalue weighted by atomic mass is 10.2. The van der Waals surface area contributed by atoms with Gasteiger partial charge in [-0.05, 0) is 30.2 Å². The van der Waals surface area contributed by atoms with Crippen molar-refractivity contribution >= 4 is 23.4 Å². The van der Waals surface area contributed by atoms with Crippen molar-refractivity contribution in [2.75, 3.05) is 5.75 Å². The summed E-state index contributed by atoms with van der Waals surface area (Å²) in [7, 11) is 0. The lowest BCUT2D eigenvalue weighted by Gasteiger charge is -2.00. The molecular weight excluding hydrogens is 231 g/mol. The molecule has 0 saturated heterocycles. The zero-order valence-electron chi connectivity index (χ0n) is 8.46. The molecule has 82 valence electrons. The van der Waals surface area contributed by atoms with Crippen molar-refractivity contribution in [3.63, 3.8) is 0 Å². The van der Waals surface area contributed by atoms with E-state index in [0.717, 1.165) is 24.3 Å². The fourth-order valence-corrected chi connectivity index (χ4v) is 2.21. The molecule has 3 heteroatoms. The van der Waals surface area contributed by atoms with E-state index in [2.05, 4.69) is 12.1 Å². The summed E-state index contributed by atoms with van der Waals surface area (Å²) >= 11 is 6.94. The maximum atomic E-state index is 12.1. The van der Waals surface area contributed by atoms with Gasteiger partial charge in [-0.3, -0.25) is 0 Å². The average Bonchev–Trinajstić information content (AvgIpc) is 2.24. The van der Waals surface area contributed by atoms with Crippen LogP contribution in [0.15, 0.2) is 41.7 Å². The minimum Gasteiger partial charge on any atom is -0.194 e. The third-order valence-corrected chi connectivity index (χ3v) is 3.17. The Labute approximate surface area is 99.5 Å². The van der Waals surface area contributed by atoms with Gasteiger partial charge in [0, 0.05) is 5.75 Å². The van der Waals surface area contributed by atoms with Crippen molar-refractivity contribution < 1.29 is 4.39 Å². The van der Waals surface area contributed by atoms with E-state index in [1.165, 1.54) is 11.6 Å². The third-order valence-electron chi connectivity index (χ3n) is 1.90. The Hall–Kier alpha value is -0.470. The SMILES string of the molecule is F/C(Cl)=C\CCCSCc1ccccc1. The highest BCUT2D eigenvalue weighted by atomic mass is 35.5. The van der Waals surface area contributed by atoms with E-state index in [1.54, 1.807) is 0 Å². The molecule has 1 rings (SSSR count). The zero-order chi connectivity index (χ0) is 10.9. The Bertz CT molecular complexity index is 294. The van der Waals surface area contributed by atoms with Crippen LogP contribution >= 0.6 is 23.4 Å². The number of allylic oxidation sites excluding steroid dienone is 1. The normalized spacial score (nSPS) is 11.7. The molecule has 0 bridgehead atoms. The topological polar surface area (TPSA) is 0 Å². The predicted molar refractivity (Wildman–Crippen MR) is 66.9 cm³/mol. The average molecular weight is 245 g/mol. The van der Waals surface area contributed by atoms with Gasteiger partial charge in [0.1, 0.15) is 0 Å². The van der Waals surface area contributed by atoms with Gasteiger partial charge in [0.15, 0.2) is 5.29 Å². The van der Waals surface area contributed by atoms with E-state index in [9.17, 15) is 4.39 Å². The smallest absolute Gasteiger partial charge is 0.185 e. The predicted octanol–water partition coefficient (Wildman–Crippen LogP) is 4.75. The Morgan fingerprint density at radius 2 is 2.07 bits per heavy atom. The molecule has 0 aliphatic heterocycles. The van der Waals surface area contributed by atoms with Gasteiger partial charge >= 0.3 is 0 Å². The molecule has 0 amide bonds. The third kappa shape index (κ3) is 6.58. The van der Waals surface area contributed by atoms with Crippen LogP contribution in [0.3, 0.4) is 0 Å². The summed E-state index contributed by atoms with van der Waals surface area (Å²) in [6.07, 6.45) is 3.11. The molecule has 0 unspecified atom stereocenters. The van der Waals surface area contributed by atoms with Crippen LogP contribution < -0.4 is 0 Å². The van der Waals surface area contributed by atoms with E-state index < -0.39 is 5.29 Å². The van der Waals surface area contributed by atoms with Crippen LogP contribution in [0.2, 0.25) is 0 Å². The second-order valence-corrected chi connectivity index (χ2v) is 4.64. The van der Waals surface area contributed by atoms with Crippen LogP contribution in [-0.4, -0.2) is 5.75 Å². The fourth-order valence-electron chi connectivity index (χ4n) is 1.16. The molecule has 0 aromatic heterocycles. The number of hydrogen-bond donors (Lipinski definition) is 0. The van der Waals surface area contributed by atoms with Crippen LogP contribution in [0.5, 0.6) is 0 Å². The summed E-state index contributed by atoms with van der Waals surface area (Å²) < 4.78 is 12.1.